The van der Waals surface area contributed by atoms with Crippen LogP contribution in [0.15, 0.2) is 12.1 Å². The van der Waals surface area contributed by atoms with E-state index in [1.165, 1.54) is 0 Å². The Kier molecular flexibility index (Phi) is 3.14. The normalized spacial score (nSPS) is 9.64. The van der Waals surface area contributed by atoms with Crippen molar-refractivity contribution in [3.63, 3.8) is 0 Å². The van der Waals surface area contributed by atoms with E-state index < -0.39 is 12.0 Å². The van der Waals surface area contributed by atoms with Gasteiger partial charge in [-0.15, -0.1) is 0 Å². The highest BCUT2D eigenvalue weighted by Gasteiger charge is 2.11. The molecule has 14 heavy (non-hydrogen) atoms. The van der Waals surface area contributed by atoms with Crippen LogP contribution in [-0.4, -0.2) is 13.3 Å². The highest BCUT2D eigenvalue weighted by molar-refractivity contribution is 6.32. The minimum absolute atomic E-state index is 0.0364. The number of carbonyl (C=O) groups is 1. The number of anilines is 1. The molecule has 6 heteroatoms. The van der Waals surface area contributed by atoms with Crippen LogP contribution in [0.25, 0.3) is 0 Å². The predicted octanol–water partition coefficient (Wildman–Crippen LogP) is 2.21. The van der Waals surface area contributed by atoms with Crippen LogP contribution >= 0.6 is 11.6 Å². The molecule has 2 N–H and O–H groups in total. The smallest absolute Gasteiger partial charge is 0.437 e. The maximum absolute atomic E-state index is 12.9. The van der Waals surface area contributed by atoms with E-state index in [-0.39, 0.29) is 16.5 Å². The lowest BCUT2D eigenvalue weighted by atomic mass is 10.3. The monoisotopic (exact) mass is 219 g/mol. The number of hydrogen-bond donors (Lipinski definition) is 1. The molecule has 0 saturated carbocycles. The molecule has 0 fully saturated rings. The second kappa shape index (κ2) is 4.15. The lowest BCUT2D eigenvalue weighted by Crippen LogP contribution is -2.08. The third-order valence-corrected chi connectivity index (χ3v) is 1.71. The molecule has 0 aliphatic heterocycles. The summed E-state index contributed by atoms with van der Waals surface area (Å²) in [5, 5.41) is 0.0364. The summed E-state index contributed by atoms with van der Waals surface area (Å²) in [6.45, 7) is 0. The lowest BCUT2D eigenvalue weighted by molar-refractivity contribution is 0.121. The summed E-state index contributed by atoms with van der Waals surface area (Å²) in [5.74, 6) is -0.849. The molecule has 0 aliphatic carbocycles. The van der Waals surface area contributed by atoms with Gasteiger partial charge in [0, 0.05) is 6.07 Å². The van der Waals surface area contributed by atoms with Gasteiger partial charge in [-0.3, -0.25) is 0 Å². The second-order valence-electron chi connectivity index (χ2n) is 2.36. The van der Waals surface area contributed by atoms with Gasteiger partial charge < -0.3 is 15.2 Å². The van der Waals surface area contributed by atoms with Crippen molar-refractivity contribution < 1.29 is 18.7 Å². The zero-order valence-electron chi connectivity index (χ0n) is 7.21. The molecular weight excluding hydrogens is 213 g/mol. The van der Waals surface area contributed by atoms with Gasteiger partial charge in [0.15, 0.2) is 5.75 Å². The van der Waals surface area contributed by atoms with Gasteiger partial charge in [-0.2, -0.15) is 0 Å². The van der Waals surface area contributed by atoms with E-state index >= 15 is 0 Å². The minimum atomic E-state index is -0.976. The summed E-state index contributed by atoms with van der Waals surface area (Å²) < 4.78 is 21.6. The molecule has 0 atom stereocenters. The molecule has 0 unspecified atom stereocenters. The number of hydrogen-bond acceptors (Lipinski definition) is 4. The first-order valence-electron chi connectivity index (χ1n) is 3.55. The first-order chi connectivity index (χ1) is 6.54. The fourth-order valence-electron chi connectivity index (χ4n) is 0.754. The Morgan fingerprint density at radius 1 is 1.57 bits per heavy atom. The molecule has 1 rings (SSSR count). The van der Waals surface area contributed by atoms with Crippen LogP contribution in [0.5, 0.6) is 5.75 Å². The number of halogens is 2. The van der Waals surface area contributed by atoms with Crippen LogP contribution in [0.1, 0.15) is 0 Å². The second-order valence-corrected chi connectivity index (χ2v) is 2.77. The van der Waals surface area contributed by atoms with Crippen molar-refractivity contribution >= 4 is 23.4 Å². The molecule has 1 aromatic carbocycles. The minimum Gasteiger partial charge on any atom is -0.437 e. The first-order valence-corrected chi connectivity index (χ1v) is 3.92. The van der Waals surface area contributed by atoms with Gasteiger partial charge >= 0.3 is 6.16 Å². The molecule has 76 valence electrons. The van der Waals surface area contributed by atoms with E-state index in [4.69, 9.17) is 17.3 Å². The summed E-state index contributed by atoms with van der Waals surface area (Å²) in [6.07, 6.45) is -0.976. The van der Waals surface area contributed by atoms with Crippen molar-refractivity contribution in [2.24, 2.45) is 0 Å². The quantitative estimate of drug-likeness (QED) is 0.447. The van der Waals surface area contributed by atoms with E-state index in [0.29, 0.717) is 0 Å². The van der Waals surface area contributed by atoms with Crippen molar-refractivity contribution in [2.75, 3.05) is 12.8 Å². The molecule has 0 amide bonds. The summed E-state index contributed by atoms with van der Waals surface area (Å²) in [7, 11) is 1.13. The third kappa shape index (κ3) is 2.26. The Hall–Kier alpha value is -1.49. The highest BCUT2D eigenvalue weighted by Crippen LogP contribution is 2.29. The van der Waals surface area contributed by atoms with E-state index in [1.807, 2.05) is 0 Å². The summed E-state index contributed by atoms with van der Waals surface area (Å²) in [5.41, 5.74) is 5.10. The van der Waals surface area contributed by atoms with Gasteiger partial charge in [0.05, 0.1) is 17.8 Å². The maximum atomic E-state index is 12.9. The van der Waals surface area contributed by atoms with Crippen molar-refractivity contribution in [1.29, 1.82) is 0 Å². The summed E-state index contributed by atoms with van der Waals surface area (Å²) in [4.78, 5) is 10.7. The van der Waals surface area contributed by atoms with Gasteiger partial charge in [0.2, 0.25) is 0 Å². The van der Waals surface area contributed by atoms with Gasteiger partial charge in [0.25, 0.3) is 0 Å². The zero-order valence-corrected chi connectivity index (χ0v) is 7.97. The van der Waals surface area contributed by atoms with E-state index in [9.17, 15) is 9.18 Å². The predicted molar refractivity (Wildman–Crippen MR) is 48.9 cm³/mol. The highest BCUT2D eigenvalue weighted by atomic mass is 35.5. The van der Waals surface area contributed by atoms with Gasteiger partial charge in [0.1, 0.15) is 5.82 Å². The molecule has 1 aromatic rings. The Morgan fingerprint density at radius 2 is 2.21 bits per heavy atom. The SMILES string of the molecule is COC(=O)Oc1cc(F)c(N)cc1Cl. The Labute approximate surface area is 84.4 Å². The van der Waals surface area contributed by atoms with Crippen molar-refractivity contribution in [2.45, 2.75) is 0 Å². The molecule has 0 radical (unpaired) electrons. The van der Waals surface area contributed by atoms with E-state index in [1.54, 1.807) is 0 Å². The molecule has 0 heterocycles. The average Bonchev–Trinajstić information content (AvgIpc) is 2.14. The molecule has 4 nitrogen and oxygen atoms in total. The Balaban J connectivity index is 2.98. The van der Waals surface area contributed by atoms with Crippen LogP contribution < -0.4 is 10.5 Å². The summed E-state index contributed by atoms with van der Waals surface area (Å²) in [6, 6.07) is 2.06. The van der Waals surface area contributed by atoms with Crippen LogP contribution in [0.3, 0.4) is 0 Å². The lowest BCUT2D eigenvalue weighted by Gasteiger charge is -2.05. The molecule has 0 aromatic heterocycles. The largest absolute Gasteiger partial charge is 0.513 e. The zero-order chi connectivity index (χ0) is 10.7. The van der Waals surface area contributed by atoms with Gasteiger partial charge in [-0.1, -0.05) is 11.6 Å². The first kappa shape index (κ1) is 10.6. The maximum Gasteiger partial charge on any atom is 0.513 e. The number of methoxy groups -OCH3 is 1. The Bertz CT molecular complexity index is 370. The fourth-order valence-corrected chi connectivity index (χ4v) is 0.964. The number of ether oxygens (including phenoxy) is 2. The number of benzene rings is 1. The topological polar surface area (TPSA) is 61.5 Å². The standard InChI is InChI=1S/C8H7ClFNO3/c1-13-8(12)14-7-3-5(10)6(11)2-4(7)9/h2-3H,11H2,1H3. The van der Waals surface area contributed by atoms with E-state index in [2.05, 4.69) is 9.47 Å². The van der Waals surface area contributed by atoms with Crippen molar-refractivity contribution in [3.8, 4) is 5.75 Å². The van der Waals surface area contributed by atoms with Gasteiger partial charge in [-0.05, 0) is 6.07 Å². The molecule has 0 aliphatic rings. The van der Waals surface area contributed by atoms with Gasteiger partial charge in [-0.25, -0.2) is 9.18 Å². The van der Waals surface area contributed by atoms with Crippen LogP contribution in [0.2, 0.25) is 5.02 Å². The molecule has 0 spiro atoms. The third-order valence-electron chi connectivity index (χ3n) is 1.41. The average molecular weight is 220 g/mol. The number of carbonyl (C=O) groups excluding carboxylic acids is 1. The van der Waals surface area contributed by atoms with Crippen molar-refractivity contribution in [1.82, 2.24) is 0 Å². The molecule has 0 bridgehead atoms. The number of nitrogen functional groups attached to an aromatic ring is 1. The van der Waals surface area contributed by atoms with E-state index in [0.717, 1.165) is 19.2 Å². The number of rotatable bonds is 1. The van der Waals surface area contributed by atoms with Crippen LogP contribution in [0.4, 0.5) is 14.9 Å². The fraction of sp³-hybridized carbons (Fsp3) is 0.125. The number of nitrogens with two attached hydrogens (primary N) is 1. The van der Waals surface area contributed by atoms with Crippen LogP contribution in [-0.2, 0) is 4.74 Å². The summed E-state index contributed by atoms with van der Waals surface area (Å²) >= 11 is 5.62. The molecule has 0 saturated heterocycles. The molecular formula is C8H7ClFNO3. The van der Waals surface area contributed by atoms with Crippen LogP contribution in [0, 0.1) is 5.82 Å². The van der Waals surface area contributed by atoms with Crippen molar-refractivity contribution in [3.05, 3.63) is 23.0 Å². The Morgan fingerprint density at radius 3 is 2.79 bits per heavy atom.